The molecule has 1 aromatic heterocycles. The molecule has 0 bridgehead atoms. The lowest BCUT2D eigenvalue weighted by Gasteiger charge is -2.28. The molecule has 15 nitrogen and oxygen atoms in total. The highest BCUT2D eigenvalue weighted by Gasteiger charge is 2.47. The fourth-order valence-electron chi connectivity index (χ4n) is 5.08. The number of rotatable bonds is 12. The third-order valence-electron chi connectivity index (χ3n) is 7.60. The zero-order chi connectivity index (χ0) is 35.7. The van der Waals surface area contributed by atoms with Gasteiger partial charge in [0.2, 0.25) is 0 Å². The van der Waals surface area contributed by atoms with Crippen molar-refractivity contribution in [2.24, 2.45) is 5.73 Å². The molecule has 5 rings (SSSR count). The van der Waals surface area contributed by atoms with Gasteiger partial charge in [0.1, 0.15) is 35.9 Å². The van der Waals surface area contributed by atoms with E-state index >= 15 is 0 Å². The maximum atomic E-state index is 12.3. The van der Waals surface area contributed by atoms with Gasteiger partial charge >= 0.3 is 17.8 Å². The number of ether oxygens (including phenoxy) is 4. The molecule has 2 aliphatic rings. The van der Waals surface area contributed by atoms with Crippen LogP contribution >= 0.6 is 0 Å². The number of nitrogens with two attached hydrogens (primary N) is 1. The summed E-state index contributed by atoms with van der Waals surface area (Å²) >= 11 is 0. The van der Waals surface area contributed by atoms with E-state index in [0.29, 0.717) is 13.0 Å². The zero-order valence-corrected chi connectivity index (χ0v) is 25.8. The number of aliphatic carboxylic acids is 1. The van der Waals surface area contributed by atoms with Gasteiger partial charge in [0.05, 0.1) is 12.2 Å². The van der Waals surface area contributed by atoms with Crippen LogP contribution in [0, 0.1) is 0 Å². The van der Waals surface area contributed by atoms with Crippen molar-refractivity contribution in [2.45, 2.75) is 68.2 Å². The van der Waals surface area contributed by atoms with E-state index < -0.39 is 72.5 Å². The standard InChI is InChI=1S/C29H36N4O9.C2HF3O2/c30-15-22-25(36)26(37)28(41-22)42-23(21-14-20(34)27(40-21)33-13-11-24(35)32-29(33)38)16-31-12-10-17-6-8-19(9-7-17)39-18-4-2-1-3-5-18;3-2(4,5)1(6)7/h1-9,11,13,20-23,25-28,31,34,36-37H,10,12,14-16,30H2,(H,32,35,38);(H,6,7)/t20-,21+,22-,23+,25-,26-,27-,28+;/m1./s1. The number of benzene rings is 2. The van der Waals surface area contributed by atoms with Gasteiger partial charge in [-0.15, -0.1) is 0 Å². The Bertz CT molecular complexity index is 1610. The molecule has 0 radical (unpaired) electrons. The Labute approximate surface area is 276 Å². The molecule has 2 aromatic carbocycles. The van der Waals surface area contributed by atoms with Gasteiger partial charge in [-0.2, -0.15) is 13.2 Å². The second-order valence-corrected chi connectivity index (χ2v) is 11.1. The quantitative estimate of drug-likeness (QED) is 0.126. The average molecular weight is 699 g/mol. The van der Waals surface area contributed by atoms with E-state index in [9.17, 15) is 38.1 Å². The number of carboxylic acids is 1. The molecule has 268 valence electrons. The van der Waals surface area contributed by atoms with Crippen LogP contribution in [0.1, 0.15) is 18.2 Å². The fraction of sp³-hybridized carbons (Fsp3) is 0.452. The first-order valence-corrected chi connectivity index (χ1v) is 15.1. The molecule has 0 spiro atoms. The van der Waals surface area contributed by atoms with Gasteiger partial charge in [-0.1, -0.05) is 30.3 Å². The van der Waals surface area contributed by atoms with Crippen LogP contribution in [-0.2, 0) is 25.4 Å². The summed E-state index contributed by atoms with van der Waals surface area (Å²) in [5.74, 6) is -1.27. The lowest BCUT2D eigenvalue weighted by Crippen LogP contribution is -2.44. The number of para-hydroxylation sites is 1. The van der Waals surface area contributed by atoms with Crippen LogP contribution in [-0.4, -0.2) is 105 Å². The van der Waals surface area contributed by atoms with Crippen LogP contribution in [0.2, 0.25) is 0 Å². The van der Waals surface area contributed by atoms with Gasteiger partial charge in [-0.25, -0.2) is 9.59 Å². The van der Waals surface area contributed by atoms with Gasteiger partial charge < -0.3 is 50.4 Å². The Morgan fingerprint density at radius 1 is 1.02 bits per heavy atom. The number of carboxylic acid groups (broad SMARTS) is 1. The van der Waals surface area contributed by atoms with Crippen LogP contribution in [0.25, 0.3) is 0 Å². The summed E-state index contributed by atoms with van der Waals surface area (Å²) in [7, 11) is 0. The minimum atomic E-state index is -5.08. The molecule has 8 atom stereocenters. The summed E-state index contributed by atoms with van der Waals surface area (Å²) in [6, 6.07) is 18.4. The first-order valence-electron chi connectivity index (χ1n) is 15.1. The molecule has 18 heteroatoms. The van der Waals surface area contributed by atoms with Crippen molar-refractivity contribution in [3.8, 4) is 11.5 Å². The van der Waals surface area contributed by atoms with E-state index in [1.54, 1.807) is 0 Å². The Balaban J connectivity index is 0.000000698. The van der Waals surface area contributed by atoms with Crippen molar-refractivity contribution in [1.82, 2.24) is 14.9 Å². The molecule has 0 aliphatic carbocycles. The molecule has 0 unspecified atom stereocenters. The van der Waals surface area contributed by atoms with Crippen LogP contribution in [0.3, 0.4) is 0 Å². The first-order chi connectivity index (χ1) is 23.3. The SMILES string of the molecule is NC[C@H]1O[C@@H](O[C@@H](CNCCc2ccc(Oc3ccccc3)cc2)[C@@H]2C[C@@H](O)[C@H](n3ccc(=O)[nH]c3=O)O2)[C@H](O)[C@@H]1O.O=C(O)C(F)(F)F. The lowest BCUT2D eigenvalue weighted by atomic mass is 10.1. The highest BCUT2D eigenvalue weighted by Crippen LogP contribution is 2.32. The third kappa shape index (κ3) is 10.4. The minimum Gasteiger partial charge on any atom is -0.475 e. The van der Waals surface area contributed by atoms with Crippen LogP contribution in [0.5, 0.6) is 11.5 Å². The molecule has 2 fully saturated rings. The number of aliphatic hydroxyl groups is 3. The van der Waals surface area contributed by atoms with Crippen molar-refractivity contribution in [3.63, 3.8) is 0 Å². The molecular weight excluding hydrogens is 661 g/mol. The number of H-pyrrole nitrogens is 1. The monoisotopic (exact) mass is 698 g/mol. The number of hydrogen-bond donors (Lipinski definition) is 7. The molecule has 3 heterocycles. The van der Waals surface area contributed by atoms with Gasteiger partial charge in [-0.3, -0.25) is 14.3 Å². The Morgan fingerprint density at radius 2 is 1.67 bits per heavy atom. The fourth-order valence-corrected chi connectivity index (χ4v) is 5.08. The Morgan fingerprint density at radius 3 is 2.27 bits per heavy atom. The van der Waals surface area contributed by atoms with E-state index in [-0.39, 0.29) is 19.5 Å². The predicted octanol–water partition coefficient (Wildman–Crippen LogP) is 0.234. The summed E-state index contributed by atoms with van der Waals surface area (Å²) in [4.78, 5) is 34.8. The molecule has 49 heavy (non-hydrogen) atoms. The topological polar surface area (TPSA) is 228 Å². The van der Waals surface area contributed by atoms with Crippen molar-refractivity contribution in [3.05, 3.63) is 93.3 Å². The largest absolute Gasteiger partial charge is 0.490 e. The van der Waals surface area contributed by atoms with Crippen LogP contribution < -0.4 is 27.0 Å². The van der Waals surface area contributed by atoms with Gasteiger partial charge in [0, 0.05) is 31.8 Å². The summed E-state index contributed by atoms with van der Waals surface area (Å²) in [5, 5.41) is 41.9. The van der Waals surface area contributed by atoms with Gasteiger partial charge in [-0.05, 0) is 42.8 Å². The summed E-state index contributed by atoms with van der Waals surface area (Å²) in [6.45, 7) is 0.806. The van der Waals surface area contributed by atoms with Crippen molar-refractivity contribution >= 4 is 5.97 Å². The van der Waals surface area contributed by atoms with Gasteiger partial charge in [0.25, 0.3) is 5.56 Å². The highest BCUT2D eigenvalue weighted by molar-refractivity contribution is 5.73. The van der Waals surface area contributed by atoms with Crippen molar-refractivity contribution < 1.29 is 57.3 Å². The van der Waals surface area contributed by atoms with Crippen molar-refractivity contribution in [2.75, 3.05) is 19.6 Å². The number of hydrogen-bond acceptors (Lipinski definition) is 12. The van der Waals surface area contributed by atoms with Crippen LogP contribution in [0.15, 0.2) is 76.4 Å². The smallest absolute Gasteiger partial charge is 0.475 e. The lowest BCUT2D eigenvalue weighted by molar-refractivity contribution is -0.213. The number of nitrogens with one attached hydrogen (secondary N) is 2. The molecule has 3 aromatic rings. The zero-order valence-electron chi connectivity index (χ0n) is 25.8. The number of nitrogens with zero attached hydrogens (tertiary/aromatic N) is 1. The van der Waals surface area contributed by atoms with E-state index in [1.165, 1.54) is 6.20 Å². The normalized spacial score (nSPS) is 25.7. The second kappa shape index (κ2) is 17.0. The molecule has 2 saturated heterocycles. The van der Waals surface area contributed by atoms with Crippen molar-refractivity contribution in [1.29, 1.82) is 0 Å². The minimum absolute atomic E-state index is 0.00791. The van der Waals surface area contributed by atoms with Crippen LogP contribution in [0.4, 0.5) is 13.2 Å². The Hall–Kier alpha value is -4.14. The summed E-state index contributed by atoms with van der Waals surface area (Å²) in [5.41, 5.74) is 5.44. The van der Waals surface area contributed by atoms with E-state index in [0.717, 1.165) is 27.7 Å². The second-order valence-electron chi connectivity index (χ2n) is 11.1. The number of alkyl halides is 3. The first kappa shape index (κ1) is 37.7. The number of carbonyl (C=O) groups is 1. The number of aromatic amines is 1. The highest BCUT2D eigenvalue weighted by atomic mass is 19.4. The summed E-state index contributed by atoms with van der Waals surface area (Å²) < 4.78 is 56.4. The maximum absolute atomic E-state index is 12.3. The molecule has 2 aliphatic heterocycles. The molecular formula is C31H37F3N4O11. The van der Waals surface area contributed by atoms with E-state index in [2.05, 4.69) is 10.3 Å². The number of aliphatic hydroxyl groups excluding tert-OH is 3. The average Bonchev–Trinajstić information content (AvgIpc) is 3.57. The molecule has 0 saturated carbocycles. The van der Waals surface area contributed by atoms with E-state index in [1.807, 2.05) is 54.6 Å². The van der Waals surface area contributed by atoms with E-state index in [4.69, 9.17) is 34.6 Å². The third-order valence-corrected chi connectivity index (χ3v) is 7.60. The molecule has 0 amide bonds. The maximum Gasteiger partial charge on any atom is 0.490 e. The predicted molar refractivity (Wildman–Crippen MR) is 164 cm³/mol. The molecule has 8 N–H and O–H groups in total. The Kier molecular flexibility index (Phi) is 13.1. The number of halogens is 3. The number of aromatic nitrogens is 2. The van der Waals surface area contributed by atoms with Gasteiger partial charge in [0.15, 0.2) is 12.5 Å². The summed E-state index contributed by atoms with van der Waals surface area (Å²) in [6.07, 6.45) is -11.1.